The number of aromatic nitrogens is 3. The number of benzene rings is 1. The fraction of sp³-hybridized carbons (Fsp3) is 0.200. The second-order valence-corrected chi connectivity index (χ2v) is 8.43. The Kier molecular flexibility index (Phi) is 5.06. The third-order valence-corrected chi connectivity index (χ3v) is 5.97. The van der Waals surface area contributed by atoms with E-state index in [0.29, 0.717) is 21.3 Å². The Balaban J connectivity index is 1.46. The average molecular weight is 411 g/mol. The zero-order valence-corrected chi connectivity index (χ0v) is 17.0. The van der Waals surface area contributed by atoms with Crippen LogP contribution >= 0.6 is 22.7 Å². The Bertz CT molecular complexity index is 1190. The minimum Gasteiger partial charge on any atom is -0.300 e. The molecule has 6 nitrogen and oxygen atoms in total. The molecule has 28 heavy (non-hydrogen) atoms. The van der Waals surface area contributed by atoms with Gasteiger partial charge in [0.2, 0.25) is 5.91 Å². The van der Waals surface area contributed by atoms with Gasteiger partial charge in [-0.25, -0.2) is 9.97 Å². The summed E-state index contributed by atoms with van der Waals surface area (Å²) in [6, 6.07) is 9.99. The van der Waals surface area contributed by atoms with E-state index in [4.69, 9.17) is 0 Å². The molecule has 0 atom stereocenters. The number of thiazole rings is 1. The van der Waals surface area contributed by atoms with Crippen molar-refractivity contribution in [3.63, 3.8) is 0 Å². The summed E-state index contributed by atoms with van der Waals surface area (Å²) in [6.07, 6.45) is 1.41. The number of carbonyl (C=O) groups excluding carboxylic acids is 1. The van der Waals surface area contributed by atoms with Gasteiger partial charge >= 0.3 is 0 Å². The van der Waals surface area contributed by atoms with Crippen LogP contribution in [0.25, 0.3) is 21.5 Å². The molecule has 0 unspecified atom stereocenters. The maximum atomic E-state index is 12.4. The molecule has 0 bridgehead atoms. The molecule has 0 fully saturated rings. The monoisotopic (exact) mass is 410 g/mol. The third kappa shape index (κ3) is 3.74. The van der Waals surface area contributed by atoms with Crippen molar-refractivity contribution < 1.29 is 4.79 Å². The lowest BCUT2D eigenvalue weighted by atomic mass is 10.0. The second kappa shape index (κ2) is 7.65. The Hall–Kier alpha value is -2.84. The quantitative estimate of drug-likeness (QED) is 0.531. The Labute approximate surface area is 169 Å². The topological polar surface area (TPSA) is 76.9 Å². The van der Waals surface area contributed by atoms with Crippen LogP contribution in [0, 0.1) is 0 Å². The first-order chi connectivity index (χ1) is 13.5. The zero-order valence-electron chi connectivity index (χ0n) is 15.4. The molecule has 142 valence electrons. The van der Waals surface area contributed by atoms with E-state index in [1.54, 1.807) is 6.07 Å². The Morgan fingerprint density at radius 3 is 2.71 bits per heavy atom. The van der Waals surface area contributed by atoms with Crippen molar-refractivity contribution in [1.29, 1.82) is 0 Å². The van der Waals surface area contributed by atoms with Crippen LogP contribution in [0.2, 0.25) is 0 Å². The van der Waals surface area contributed by atoms with E-state index in [9.17, 15) is 9.59 Å². The third-order valence-electron chi connectivity index (χ3n) is 4.39. The summed E-state index contributed by atoms with van der Waals surface area (Å²) in [5.41, 5.74) is 2.87. The lowest BCUT2D eigenvalue weighted by Gasteiger charge is -2.06. The summed E-state index contributed by atoms with van der Waals surface area (Å²) in [7, 11) is 0. The highest BCUT2D eigenvalue weighted by Gasteiger charge is 2.12. The van der Waals surface area contributed by atoms with E-state index in [1.165, 1.54) is 39.1 Å². The van der Waals surface area contributed by atoms with Crippen LogP contribution in [0.15, 0.2) is 52.2 Å². The average Bonchev–Trinajstić information content (AvgIpc) is 3.34. The van der Waals surface area contributed by atoms with Crippen molar-refractivity contribution in [1.82, 2.24) is 14.5 Å². The van der Waals surface area contributed by atoms with Crippen LogP contribution in [0.3, 0.4) is 0 Å². The minimum absolute atomic E-state index is 0.102. The number of carbonyl (C=O) groups is 1. The van der Waals surface area contributed by atoms with Crippen molar-refractivity contribution in [2.45, 2.75) is 26.3 Å². The number of hydrogen-bond acceptors (Lipinski definition) is 6. The highest BCUT2D eigenvalue weighted by Crippen LogP contribution is 2.26. The van der Waals surface area contributed by atoms with Gasteiger partial charge in [-0.05, 0) is 22.9 Å². The lowest BCUT2D eigenvalue weighted by Crippen LogP contribution is -2.27. The predicted molar refractivity (Wildman–Crippen MR) is 114 cm³/mol. The van der Waals surface area contributed by atoms with Gasteiger partial charge in [0, 0.05) is 10.9 Å². The van der Waals surface area contributed by atoms with Crippen molar-refractivity contribution in [3.05, 3.63) is 63.3 Å². The van der Waals surface area contributed by atoms with E-state index in [0.717, 1.165) is 11.3 Å². The molecule has 0 saturated carbocycles. The number of rotatable bonds is 5. The van der Waals surface area contributed by atoms with E-state index in [2.05, 4.69) is 41.3 Å². The number of amides is 1. The molecular formula is C20H18N4O2S2. The largest absolute Gasteiger partial charge is 0.300 e. The molecule has 0 aliphatic rings. The molecule has 4 aromatic rings. The van der Waals surface area contributed by atoms with Gasteiger partial charge < -0.3 is 5.32 Å². The molecule has 1 amide bonds. The molecular weight excluding hydrogens is 392 g/mol. The molecule has 0 spiro atoms. The molecule has 0 aliphatic carbocycles. The summed E-state index contributed by atoms with van der Waals surface area (Å²) < 4.78 is 1.31. The molecule has 0 saturated heterocycles. The van der Waals surface area contributed by atoms with Crippen LogP contribution in [-0.4, -0.2) is 20.4 Å². The van der Waals surface area contributed by atoms with Crippen LogP contribution in [-0.2, 0) is 11.3 Å². The summed E-state index contributed by atoms with van der Waals surface area (Å²) in [6.45, 7) is 4.21. The van der Waals surface area contributed by atoms with Gasteiger partial charge in [-0.15, -0.1) is 22.7 Å². The number of hydrogen-bond donors (Lipinski definition) is 1. The summed E-state index contributed by atoms with van der Waals surface area (Å²) >= 11 is 2.76. The van der Waals surface area contributed by atoms with E-state index < -0.39 is 0 Å². The van der Waals surface area contributed by atoms with Gasteiger partial charge in [0.25, 0.3) is 5.56 Å². The van der Waals surface area contributed by atoms with Crippen molar-refractivity contribution >= 4 is 43.9 Å². The van der Waals surface area contributed by atoms with Crippen molar-refractivity contribution in [3.8, 4) is 11.3 Å². The molecule has 4 rings (SSSR count). The second-order valence-electron chi connectivity index (χ2n) is 6.68. The molecule has 1 N–H and O–H groups in total. The van der Waals surface area contributed by atoms with Crippen LogP contribution in [0.1, 0.15) is 25.3 Å². The van der Waals surface area contributed by atoms with Crippen LogP contribution in [0.5, 0.6) is 0 Å². The normalized spacial score (nSPS) is 11.2. The highest BCUT2D eigenvalue weighted by atomic mass is 32.1. The fourth-order valence-corrected chi connectivity index (χ4v) is 4.28. The standard InChI is InChI=1S/C20H18N4O2S2/c1-12(2)13-3-5-14(6-4-13)16-10-28-20(22-16)23-17(25)9-24-11-21-18-15(19(24)26)7-8-27-18/h3-8,10-12H,9H2,1-2H3,(H,22,23,25). The molecule has 3 aromatic heterocycles. The van der Waals surface area contributed by atoms with E-state index in [1.807, 2.05) is 22.9 Å². The molecule has 8 heteroatoms. The van der Waals surface area contributed by atoms with Gasteiger partial charge in [0.1, 0.15) is 11.4 Å². The van der Waals surface area contributed by atoms with Crippen LogP contribution in [0.4, 0.5) is 5.13 Å². The summed E-state index contributed by atoms with van der Waals surface area (Å²) in [5, 5.41) is 7.52. The van der Waals surface area contributed by atoms with Gasteiger partial charge in [-0.1, -0.05) is 38.1 Å². The predicted octanol–water partition coefficient (Wildman–Crippen LogP) is 4.34. The smallest absolute Gasteiger partial charge is 0.262 e. The molecule has 1 aromatic carbocycles. The number of fused-ring (bicyclic) bond motifs is 1. The highest BCUT2D eigenvalue weighted by molar-refractivity contribution is 7.16. The fourth-order valence-electron chi connectivity index (χ4n) is 2.82. The van der Waals surface area contributed by atoms with Crippen molar-refractivity contribution in [2.24, 2.45) is 0 Å². The number of nitrogens with zero attached hydrogens (tertiary/aromatic N) is 3. The number of anilines is 1. The van der Waals surface area contributed by atoms with E-state index >= 15 is 0 Å². The lowest BCUT2D eigenvalue weighted by molar-refractivity contribution is -0.116. The molecule has 0 radical (unpaired) electrons. The number of nitrogens with one attached hydrogen (secondary N) is 1. The first-order valence-corrected chi connectivity index (χ1v) is 10.6. The zero-order chi connectivity index (χ0) is 19.7. The van der Waals surface area contributed by atoms with Crippen LogP contribution < -0.4 is 10.9 Å². The van der Waals surface area contributed by atoms with Gasteiger partial charge in [0.05, 0.1) is 17.4 Å². The molecule has 3 heterocycles. The Morgan fingerprint density at radius 2 is 1.96 bits per heavy atom. The van der Waals surface area contributed by atoms with Gasteiger partial charge in [-0.3, -0.25) is 14.2 Å². The maximum absolute atomic E-state index is 12.4. The van der Waals surface area contributed by atoms with Gasteiger partial charge in [-0.2, -0.15) is 0 Å². The van der Waals surface area contributed by atoms with E-state index in [-0.39, 0.29) is 18.0 Å². The number of thiophene rings is 1. The van der Waals surface area contributed by atoms with Crippen molar-refractivity contribution in [2.75, 3.05) is 5.32 Å². The SMILES string of the molecule is CC(C)c1ccc(-c2csc(NC(=O)Cn3cnc4sccc4c3=O)n2)cc1. The minimum atomic E-state index is -0.311. The van der Waals surface area contributed by atoms with Gasteiger partial charge in [0.15, 0.2) is 5.13 Å². The first kappa shape index (κ1) is 18.5. The summed E-state index contributed by atoms with van der Waals surface area (Å²) in [5.74, 6) is 0.167. The Morgan fingerprint density at radius 1 is 1.18 bits per heavy atom. The maximum Gasteiger partial charge on any atom is 0.262 e. The molecule has 0 aliphatic heterocycles. The first-order valence-electron chi connectivity index (χ1n) is 8.79. The summed E-state index contributed by atoms with van der Waals surface area (Å²) in [4.78, 5) is 34.1.